The van der Waals surface area contributed by atoms with Crippen molar-refractivity contribution in [2.45, 2.75) is 25.7 Å². The second kappa shape index (κ2) is 7.91. The van der Waals surface area contributed by atoms with Crippen LogP contribution in [-0.2, 0) is 4.79 Å². The van der Waals surface area contributed by atoms with Crippen LogP contribution in [0.4, 0.5) is 5.69 Å². The van der Waals surface area contributed by atoms with Crippen LogP contribution in [0.15, 0.2) is 22.7 Å². The van der Waals surface area contributed by atoms with Gasteiger partial charge < -0.3 is 16.2 Å². The summed E-state index contributed by atoms with van der Waals surface area (Å²) in [6, 6.07) is 4.70. The summed E-state index contributed by atoms with van der Waals surface area (Å²) in [7, 11) is 0. The number of amides is 1. The van der Waals surface area contributed by atoms with Gasteiger partial charge in [-0.25, -0.2) is 4.79 Å². The van der Waals surface area contributed by atoms with Gasteiger partial charge in [-0.05, 0) is 53.5 Å². The maximum Gasteiger partial charge on any atom is 0.336 e. The van der Waals surface area contributed by atoms with E-state index in [1.165, 1.54) is 6.07 Å². The van der Waals surface area contributed by atoms with Crippen molar-refractivity contribution in [1.82, 2.24) is 0 Å². The molecule has 1 aromatic carbocycles. The van der Waals surface area contributed by atoms with Crippen molar-refractivity contribution < 1.29 is 14.7 Å². The van der Waals surface area contributed by atoms with E-state index in [2.05, 4.69) is 21.2 Å². The van der Waals surface area contributed by atoms with E-state index in [1.54, 1.807) is 12.1 Å². The summed E-state index contributed by atoms with van der Waals surface area (Å²) in [4.78, 5) is 22.6. The largest absolute Gasteiger partial charge is 0.478 e. The summed E-state index contributed by atoms with van der Waals surface area (Å²) in [6.07, 6.45) is 3.03. The number of carboxylic acid groups (broad SMARTS) is 1. The Hall–Kier alpha value is -1.40. The predicted molar refractivity (Wildman–Crippen MR) is 77.3 cm³/mol. The van der Waals surface area contributed by atoms with Crippen LogP contribution in [0.5, 0.6) is 0 Å². The molecule has 1 rings (SSSR count). The number of unbranched alkanes of at least 4 members (excludes halogenated alkanes) is 2. The molecule has 0 heterocycles. The fourth-order valence-electron chi connectivity index (χ4n) is 1.60. The van der Waals surface area contributed by atoms with Crippen molar-refractivity contribution in [3.05, 3.63) is 28.2 Å². The molecule has 0 spiro atoms. The lowest BCUT2D eigenvalue weighted by atomic mass is 10.1. The van der Waals surface area contributed by atoms with Crippen molar-refractivity contribution in [1.29, 1.82) is 0 Å². The average molecular weight is 329 g/mol. The minimum Gasteiger partial charge on any atom is -0.478 e. The molecule has 0 aliphatic heterocycles. The van der Waals surface area contributed by atoms with Crippen LogP contribution in [0, 0.1) is 0 Å². The molecule has 0 bridgehead atoms. The fraction of sp³-hybridized carbons (Fsp3) is 0.385. The Kier molecular flexibility index (Phi) is 6.52. The van der Waals surface area contributed by atoms with E-state index in [0.29, 0.717) is 23.1 Å². The Bertz CT molecular complexity index is 463. The molecule has 0 aliphatic carbocycles. The number of nitrogens with two attached hydrogens (primary N) is 1. The van der Waals surface area contributed by atoms with E-state index in [1.807, 2.05) is 0 Å². The lowest BCUT2D eigenvalue weighted by molar-refractivity contribution is -0.116. The molecule has 0 aromatic heterocycles. The highest BCUT2D eigenvalue weighted by Gasteiger charge is 2.10. The SMILES string of the molecule is NCCCCCC(=O)Nc1ccc(Br)c(C(=O)O)c1. The first-order chi connectivity index (χ1) is 9.04. The Morgan fingerprint density at radius 2 is 2.00 bits per heavy atom. The van der Waals surface area contributed by atoms with Gasteiger partial charge in [-0.15, -0.1) is 0 Å². The first kappa shape index (κ1) is 15.7. The Morgan fingerprint density at radius 1 is 1.26 bits per heavy atom. The molecule has 6 heteroatoms. The van der Waals surface area contributed by atoms with Crippen LogP contribution >= 0.6 is 15.9 Å². The minimum absolute atomic E-state index is 0.115. The summed E-state index contributed by atoms with van der Waals surface area (Å²) >= 11 is 3.15. The van der Waals surface area contributed by atoms with Crippen LogP contribution in [0.3, 0.4) is 0 Å². The molecule has 0 atom stereocenters. The number of hydrogen-bond donors (Lipinski definition) is 3. The van der Waals surface area contributed by atoms with Crippen LogP contribution in [0.1, 0.15) is 36.0 Å². The number of carbonyl (C=O) groups is 2. The van der Waals surface area contributed by atoms with Crippen LogP contribution in [-0.4, -0.2) is 23.5 Å². The average Bonchev–Trinajstić information content (AvgIpc) is 2.36. The normalized spacial score (nSPS) is 10.2. The third kappa shape index (κ3) is 5.40. The Balaban J connectivity index is 2.55. The summed E-state index contributed by atoms with van der Waals surface area (Å²) in [5.74, 6) is -1.15. The lowest BCUT2D eigenvalue weighted by Gasteiger charge is -2.07. The maximum atomic E-state index is 11.6. The number of rotatable bonds is 7. The van der Waals surface area contributed by atoms with Gasteiger partial charge in [-0.1, -0.05) is 6.42 Å². The molecule has 1 amide bonds. The van der Waals surface area contributed by atoms with Gasteiger partial charge in [0.1, 0.15) is 0 Å². The topological polar surface area (TPSA) is 92.4 Å². The van der Waals surface area contributed by atoms with Gasteiger partial charge in [-0.2, -0.15) is 0 Å². The summed E-state index contributed by atoms with van der Waals surface area (Å²) in [5, 5.41) is 11.7. The standard InChI is InChI=1S/C13H17BrN2O3/c14-11-6-5-9(8-10(11)13(18)19)16-12(17)4-2-1-3-7-15/h5-6,8H,1-4,7,15H2,(H,16,17)(H,18,19). The monoisotopic (exact) mass is 328 g/mol. The molecular weight excluding hydrogens is 312 g/mol. The van der Waals surface area contributed by atoms with E-state index >= 15 is 0 Å². The number of hydrogen-bond acceptors (Lipinski definition) is 3. The van der Waals surface area contributed by atoms with Gasteiger partial charge in [0.25, 0.3) is 0 Å². The van der Waals surface area contributed by atoms with E-state index < -0.39 is 5.97 Å². The molecule has 104 valence electrons. The summed E-state index contributed by atoms with van der Waals surface area (Å²) in [6.45, 7) is 0.635. The van der Waals surface area contributed by atoms with Gasteiger partial charge in [-0.3, -0.25) is 4.79 Å². The quantitative estimate of drug-likeness (QED) is 0.671. The number of anilines is 1. The minimum atomic E-state index is -1.04. The van der Waals surface area contributed by atoms with E-state index in [4.69, 9.17) is 10.8 Å². The van der Waals surface area contributed by atoms with Crippen LogP contribution in [0.25, 0.3) is 0 Å². The smallest absolute Gasteiger partial charge is 0.336 e. The molecule has 0 radical (unpaired) electrons. The molecule has 0 fully saturated rings. The van der Waals surface area contributed by atoms with Gasteiger partial charge in [0.2, 0.25) is 5.91 Å². The van der Waals surface area contributed by atoms with Crippen molar-refractivity contribution in [2.24, 2.45) is 5.73 Å². The van der Waals surface area contributed by atoms with E-state index in [9.17, 15) is 9.59 Å². The van der Waals surface area contributed by atoms with Crippen LogP contribution < -0.4 is 11.1 Å². The first-order valence-corrected chi connectivity index (χ1v) is 6.86. The maximum absolute atomic E-state index is 11.6. The molecule has 0 saturated carbocycles. The highest BCUT2D eigenvalue weighted by molar-refractivity contribution is 9.10. The number of benzene rings is 1. The molecule has 0 saturated heterocycles. The van der Waals surface area contributed by atoms with Crippen molar-refractivity contribution in [2.75, 3.05) is 11.9 Å². The molecule has 5 nitrogen and oxygen atoms in total. The second-order valence-electron chi connectivity index (χ2n) is 4.15. The zero-order valence-electron chi connectivity index (χ0n) is 10.5. The van der Waals surface area contributed by atoms with Gasteiger partial charge in [0.15, 0.2) is 0 Å². The molecule has 19 heavy (non-hydrogen) atoms. The van der Waals surface area contributed by atoms with Gasteiger partial charge in [0.05, 0.1) is 5.56 Å². The highest BCUT2D eigenvalue weighted by atomic mass is 79.9. The highest BCUT2D eigenvalue weighted by Crippen LogP contribution is 2.21. The summed E-state index contributed by atoms with van der Waals surface area (Å²) < 4.78 is 0.487. The lowest BCUT2D eigenvalue weighted by Crippen LogP contribution is -2.12. The van der Waals surface area contributed by atoms with Crippen molar-refractivity contribution in [3.8, 4) is 0 Å². The molecular formula is C13H17BrN2O3. The molecule has 1 aromatic rings. The molecule has 0 unspecified atom stereocenters. The first-order valence-electron chi connectivity index (χ1n) is 6.07. The summed E-state index contributed by atoms with van der Waals surface area (Å²) in [5.41, 5.74) is 5.98. The zero-order chi connectivity index (χ0) is 14.3. The van der Waals surface area contributed by atoms with E-state index in [0.717, 1.165) is 19.3 Å². The third-order valence-electron chi connectivity index (χ3n) is 2.59. The fourth-order valence-corrected chi connectivity index (χ4v) is 2.01. The predicted octanol–water partition coefficient (Wildman–Crippen LogP) is 2.60. The Morgan fingerprint density at radius 3 is 2.63 bits per heavy atom. The number of aromatic carboxylic acids is 1. The Labute approximate surface area is 120 Å². The molecule has 0 aliphatic rings. The second-order valence-corrected chi connectivity index (χ2v) is 5.00. The van der Waals surface area contributed by atoms with Gasteiger partial charge >= 0.3 is 5.97 Å². The number of carbonyl (C=O) groups excluding carboxylic acids is 1. The third-order valence-corrected chi connectivity index (χ3v) is 3.28. The number of carboxylic acids is 1. The number of nitrogens with one attached hydrogen (secondary N) is 1. The number of halogens is 1. The zero-order valence-corrected chi connectivity index (χ0v) is 12.1. The van der Waals surface area contributed by atoms with Gasteiger partial charge in [0, 0.05) is 16.6 Å². The van der Waals surface area contributed by atoms with Crippen molar-refractivity contribution >= 4 is 33.5 Å². The molecule has 4 N–H and O–H groups in total. The van der Waals surface area contributed by atoms with Crippen molar-refractivity contribution in [3.63, 3.8) is 0 Å². The van der Waals surface area contributed by atoms with Crippen LogP contribution in [0.2, 0.25) is 0 Å². The van der Waals surface area contributed by atoms with E-state index in [-0.39, 0.29) is 11.5 Å².